The number of aromatic nitrogens is 1. The molecule has 0 unspecified atom stereocenters. The van der Waals surface area contributed by atoms with Gasteiger partial charge in [-0.1, -0.05) is 60.1 Å². The van der Waals surface area contributed by atoms with E-state index in [0.29, 0.717) is 17.2 Å². The second kappa shape index (κ2) is 11.0. The monoisotopic (exact) mass is 500 g/mol. The van der Waals surface area contributed by atoms with Crippen molar-refractivity contribution in [2.75, 3.05) is 24.6 Å². The highest BCUT2D eigenvalue weighted by atomic mass is 35.5. The Bertz CT molecular complexity index is 1350. The number of fused-ring (bicyclic) bond motifs is 1. The minimum absolute atomic E-state index is 0.0503. The fourth-order valence-corrected chi connectivity index (χ4v) is 5.04. The standard InChI is InChI=1S/C29H25ClN2O2S/c30-24-10-5-21(6-11-24)19-27(29(33)32-15-17-35-18-16-32)22-8-13-26(14-9-22)34-20-25-12-7-23-3-1-2-4-28(23)31-25/h1-14,19H,15-18,20H2. The van der Waals surface area contributed by atoms with E-state index < -0.39 is 0 Å². The van der Waals surface area contributed by atoms with Crippen molar-refractivity contribution in [1.82, 2.24) is 9.88 Å². The number of para-hydroxylation sites is 1. The van der Waals surface area contributed by atoms with Crippen LogP contribution in [0.2, 0.25) is 5.02 Å². The summed E-state index contributed by atoms with van der Waals surface area (Å²) in [5.41, 5.74) is 4.29. The van der Waals surface area contributed by atoms with Crippen LogP contribution in [-0.2, 0) is 11.4 Å². The minimum atomic E-state index is 0.0503. The predicted octanol–water partition coefficient (Wildman–Crippen LogP) is 6.58. The molecule has 0 atom stereocenters. The zero-order valence-electron chi connectivity index (χ0n) is 19.2. The van der Waals surface area contributed by atoms with Gasteiger partial charge in [0.05, 0.1) is 11.2 Å². The first-order valence-corrected chi connectivity index (χ1v) is 13.1. The van der Waals surface area contributed by atoms with Crippen LogP contribution >= 0.6 is 23.4 Å². The van der Waals surface area contributed by atoms with E-state index in [0.717, 1.165) is 58.1 Å². The Morgan fingerprint density at radius 3 is 2.46 bits per heavy atom. The Labute approximate surface area is 214 Å². The molecule has 1 amide bonds. The van der Waals surface area contributed by atoms with Crippen molar-refractivity contribution >= 4 is 51.8 Å². The summed E-state index contributed by atoms with van der Waals surface area (Å²) in [6.45, 7) is 1.91. The molecule has 0 saturated carbocycles. The predicted molar refractivity (Wildman–Crippen MR) is 146 cm³/mol. The van der Waals surface area contributed by atoms with Gasteiger partial charge in [0.1, 0.15) is 12.4 Å². The average Bonchev–Trinajstić information content (AvgIpc) is 2.92. The maximum Gasteiger partial charge on any atom is 0.254 e. The second-order valence-corrected chi connectivity index (χ2v) is 9.98. The number of benzene rings is 3. The molecule has 2 heterocycles. The molecular formula is C29H25ClN2O2S. The van der Waals surface area contributed by atoms with Crippen LogP contribution in [0.4, 0.5) is 0 Å². The maximum atomic E-state index is 13.5. The fraction of sp³-hybridized carbons (Fsp3) is 0.172. The molecular weight excluding hydrogens is 476 g/mol. The summed E-state index contributed by atoms with van der Waals surface area (Å²) in [4.78, 5) is 20.1. The molecule has 5 rings (SSSR count). The van der Waals surface area contributed by atoms with E-state index in [9.17, 15) is 4.79 Å². The molecule has 4 nitrogen and oxygen atoms in total. The summed E-state index contributed by atoms with van der Waals surface area (Å²) in [6, 6.07) is 27.3. The number of thioether (sulfide) groups is 1. The first kappa shape index (κ1) is 23.5. The molecule has 0 aliphatic carbocycles. The minimum Gasteiger partial charge on any atom is -0.487 e. The van der Waals surface area contributed by atoms with E-state index in [2.05, 4.69) is 11.1 Å². The summed E-state index contributed by atoms with van der Waals surface area (Å²) in [7, 11) is 0. The van der Waals surface area contributed by atoms with Crippen LogP contribution < -0.4 is 4.74 Å². The summed E-state index contributed by atoms with van der Waals surface area (Å²) in [6.07, 6.45) is 1.94. The Morgan fingerprint density at radius 2 is 1.69 bits per heavy atom. The number of carbonyl (C=O) groups is 1. The summed E-state index contributed by atoms with van der Waals surface area (Å²) >= 11 is 7.94. The lowest BCUT2D eigenvalue weighted by Gasteiger charge is -2.27. The summed E-state index contributed by atoms with van der Waals surface area (Å²) in [5.74, 6) is 2.72. The first-order valence-electron chi connectivity index (χ1n) is 11.6. The van der Waals surface area contributed by atoms with E-state index in [1.807, 2.05) is 102 Å². The van der Waals surface area contributed by atoms with Crippen molar-refractivity contribution in [3.63, 3.8) is 0 Å². The third-order valence-corrected chi connectivity index (χ3v) is 7.11. The van der Waals surface area contributed by atoms with Gasteiger partial charge < -0.3 is 9.64 Å². The molecule has 176 valence electrons. The van der Waals surface area contributed by atoms with E-state index in [4.69, 9.17) is 16.3 Å². The third-order valence-electron chi connectivity index (χ3n) is 5.92. The number of hydrogen-bond acceptors (Lipinski definition) is 4. The van der Waals surface area contributed by atoms with Crippen molar-refractivity contribution in [3.05, 3.63) is 107 Å². The topological polar surface area (TPSA) is 42.4 Å². The van der Waals surface area contributed by atoms with Gasteiger partial charge in [0, 0.05) is 40.6 Å². The number of hydrogen-bond donors (Lipinski definition) is 0. The molecule has 1 aliphatic rings. The SMILES string of the molecule is O=C(C(=Cc1ccc(Cl)cc1)c1ccc(OCc2ccc3ccccc3n2)cc1)N1CCSCC1. The van der Waals surface area contributed by atoms with Gasteiger partial charge >= 0.3 is 0 Å². The van der Waals surface area contributed by atoms with Gasteiger partial charge in [0.25, 0.3) is 5.91 Å². The lowest BCUT2D eigenvalue weighted by atomic mass is 10.0. The molecule has 0 radical (unpaired) electrons. The van der Waals surface area contributed by atoms with Crippen LogP contribution in [0, 0.1) is 0 Å². The van der Waals surface area contributed by atoms with Crippen LogP contribution in [0.3, 0.4) is 0 Å². The van der Waals surface area contributed by atoms with Crippen LogP contribution in [0.1, 0.15) is 16.8 Å². The second-order valence-electron chi connectivity index (χ2n) is 8.32. The van der Waals surface area contributed by atoms with E-state index in [1.54, 1.807) is 0 Å². The molecule has 1 aromatic heterocycles. The number of ether oxygens (including phenoxy) is 1. The highest BCUT2D eigenvalue weighted by Gasteiger charge is 2.22. The molecule has 0 N–H and O–H groups in total. The molecule has 4 aromatic rings. The number of carbonyl (C=O) groups excluding carboxylic acids is 1. The molecule has 35 heavy (non-hydrogen) atoms. The van der Waals surface area contributed by atoms with Crippen LogP contribution in [-0.4, -0.2) is 40.4 Å². The van der Waals surface area contributed by atoms with Crippen molar-refractivity contribution in [2.24, 2.45) is 0 Å². The molecule has 0 spiro atoms. The van der Waals surface area contributed by atoms with Gasteiger partial charge in [-0.05, 0) is 53.6 Å². The lowest BCUT2D eigenvalue weighted by Crippen LogP contribution is -2.38. The van der Waals surface area contributed by atoms with Gasteiger partial charge in [-0.2, -0.15) is 11.8 Å². The van der Waals surface area contributed by atoms with Crippen LogP contribution in [0.25, 0.3) is 22.6 Å². The Hall–Kier alpha value is -3.28. The molecule has 1 aliphatic heterocycles. The van der Waals surface area contributed by atoms with Crippen LogP contribution in [0.5, 0.6) is 5.75 Å². The summed E-state index contributed by atoms with van der Waals surface area (Å²) in [5, 5.41) is 1.78. The smallest absolute Gasteiger partial charge is 0.254 e. The van der Waals surface area contributed by atoms with E-state index >= 15 is 0 Å². The van der Waals surface area contributed by atoms with Crippen molar-refractivity contribution in [1.29, 1.82) is 0 Å². The Balaban J connectivity index is 1.35. The Kier molecular flexibility index (Phi) is 7.36. The number of rotatable bonds is 6. The van der Waals surface area contributed by atoms with E-state index in [-0.39, 0.29) is 5.91 Å². The quantitative estimate of drug-likeness (QED) is 0.221. The first-order chi connectivity index (χ1) is 17.2. The number of pyridine rings is 1. The zero-order chi connectivity index (χ0) is 24.0. The van der Waals surface area contributed by atoms with Gasteiger partial charge in [0.2, 0.25) is 0 Å². The fourth-order valence-electron chi connectivity index (χ4n) is 4.01. The van der Waals surface area contributed by atoms with Crippen molar-refractivity contribution in [2.45, 2.75) is 6.61 Å². The zero-order valence-corrected chi connectivity index (χ0v) is 20.8. The largest absolute Gasteiger partial charge is 0.487 e. The van der Waals surface area contributed by atoms with Crippen LogP contribution in [0.15, 0.2) is 84.9 Å². The molecule has 1 fully saturated rings. The third kappa shape index (κ3) is 5.87. The average molecular weight is 501 g/mol. The normalized spacial score (nSPS) is 14.2. The molecule has 1 saturated heterocycles. The molecule has 6 heteroatoms. The van der Waals surface area contributed by atoms with Gasteiger partial charge in [-0.25, -0.2) is 4.98 Å². The van der Waals surface area contributed by atoms with Crippen molar-refractivity contribution in [3.8, 4) is 5.75 Å². The number of amides is 1. The van der Waals surface area contributed by atoms with Gasteiger partial charge in [-0.3, -0.25) is 4.79 Å². The van der Waals surface area contributed by atoms with Gasteiger partial charge in [-0.15, -0.1) is 0 Å². The van der Waals surface area contributed by atoms with Gasteiger partial charge in [0.15, 0.2) is 0 Å². The number of nitrogens with zero attached hydrogens (tertiary/aromatic N) is 2. The van der Waals surface area contributed by atoms with E-state index in [1.165, 1.54) is 0 Å². The molecule has 0 bridgehead atoms. The highest BCUT2D eigenvalue weighted by molar-refractivity contribution is 7.99. The van der Waals surface area contributed by atoms with Crippen molar-refractivity contribution < 1.29 is 9.53 Å². The lowest BCUT2D eigenvalue weighted by molar-refractivity contribution is -0.124. The Morgan fingerprint density at radius 1 is 0.943 bits per heavy atom. The highest BCUT2D eigenvalue weighted by Crippen LogP contribution is 2.26. The maximum absolute atomic E-state index is 13.5. The molecule has 3 aromatic carbocycles. The number of halogens is 1. The summed E-state index contributed by atoms with van der Waals surface area (Å²) < 4.78 is 5.99.